The van der Waals surface area contributed by atoms with Crippen LogP contribution in [-0.2, 0) is 6.42 Å². The zero-order valence-corrected chi connectivity index (χ0v) is 15.2. The Bertz CT molecular complexity index is 723. The van der Waals surface area contributed by atoms with Crippen LogP contribution in [0.2, 0.25) is 0 Å². The van der Waals surface area contributed by atoms with Gasteiger partial charge in [-0.2, -0.15) is 0 Å². The summed E-state index contributed by atoms with van der Waals surface area (Å²) in [4.78, 5) is 4.01. The fraction of sp³-hybridized carbons (Fsp3) is 0.188. The maximum atomic E-state index is 13.0. The molecule has 4 nitrogen and oxygen atoms in total. The van der Waals surface area contributed by atoms with Crippen molar-refractivity contribution in [1.82, 2.24) is 0 Å². The summed E-state index contributed by atoms with van der Waals surface area (Å²) in [6.45, 7) is 0.255. The van der Waals surface area contributed by atoms with Crippen molar-refractivity contribution in [3.63, 3.8) is 0 Å². The molecule has 0 saturated heterocycles. The Labute approximate surface area is 159 Å². The lowest BCUT2D eigenvalue weighted by Crippen LogP contribution is -2.24. The van der Waals surface area contributed by atoms with E-state index in [9.17, 15) is 17.6 Å². The van der Waals surface area contributed by atoms with Crippen molar-refractivity contribution < 1.29 is 22.3 Å². The molecule has 0 spiro atoms. The molecule has 0 fully saturated rings. The van der Waals surface area contributed by atoms with Crippen LogP contribution in [0, 0.1) is 5.82 Å². The Kier molecular flexibility index (Phi) is 7.94. The number of ether oxygens (including phenoxy) is 1. The second-order valence-electron chi connectivity index (χ2n) is 4.82. The van der Waals surface area contributed by atoms with Crippen molar-refractivity contribution in [2.45, 2.75) is 12.8 Å². The van der Waals surface area contributed by atoms with E-state index in [4.69, 9.17) is 5.73 Å². The lowest BCUT2D eigenvalue weighted by molar-refractivity contribution is -0.274. The molecular weight excluding hydrogens is 453 g/mol. The topological polar surface area (TPSA) is 59.6 Å². The summed E-state index contributed by atoms with van der Waals surface area (Å²) in [5.74, 6) is -0.821. The van der Waals surface area contributed by atoms with Crippen LogP contribution < -0.4 is 15.8 Å². The van der Waals surface area contributed by atoms with E-state index in [1.54, 1.807) is 12.1 Å². The van der Waals surface area contributed by atoms with Crippen LogP contribution in [0.15, 0.2) is 53.5 Å². The van der Waals surface area contributed by atoms with E-state index >= 15 is 0 Å². The monoisotopic (exact) mass is 469 g/mol. The lowest BCUT2D eigenvalue weighted by Gasteiger charge is -2.14. The molecule has 0 heterocycles. The predicted octanol–water partition coefficient (Wildman–Crippen LogP) is 4.31. The van der Waals surface area contributed by atoms with E-state index in [1.165, 1.54) is 30.3 Å². The molecule has 2 aromatic rings. The van der Waals surface area contributed by atoms with Crippen molar-refractivity contribution in [3.05, 3.63) is 59.9 Å². The molecule has 0 aliphatic carbocycles. The fourth-order valence-corrected chi connectivity index (χ4v) is 1.96. The number of hydrogen-bond acceptors (Lipinski definition) is 2. The molecule has 25 heavy (non-hydrogen) atoms. The fourth-order valence-electron chi connectivity index (χ4n) is 1.96. The third-order valence-electron chi connectivity index (χ3n) is 2.95. The number of nitrogens with zero attached hydrogens (tertiary/aromatic N) is 1. The number of para-hydroxylation sites is 2. The average molecular weight is 469 g/mol. The maximum Gasteiger partial charge on any atom is 0.573 e. The Hall–Kier alpha value is -2.04. The zero-order chi connectivity index (χ0) is 17.6. The summed E-state index contributed by atoms with van der Waals surface area (Å²) in [5, 5.41) is 2.56. The van der Waals surface area contributed by atoms with Gasteiger partial charge >= 0.3 is 6.36 Å². The Morgan fingerprint density at radius 3 is 2.52 bits per heavy atom. The van der Waals surface area contributed by atoms with Gasteiger partial charge in [0.05, 0.1) is 5.69 Å². The molecule has 2 rings (SSSR count). The number of aliphatic imine (C=N–C) groups is 1. The number of hydrogen-bond donors (Lipinski definition) is 2. The Balaban J connectivity index is 0.00000312. The standard InChI is InChI=1S/C16H15F4N3O.HI/c17-12-5-3-4-11(10-12)8-9-22-15(21)23-13-6-1-2-7-14(13)24-16(18,19)20;/h1-7,10H,8-9H2,(H3,21,22,23);1H. The molecular formula is C16H16F4IN3O. The molecule has 0 aliphatic rings. The number of halogens is 5. The lowest BCUT2D eigenvalue weighted by atomic mass is 10.1. The van der Waals surface area contributed by atoms with Gasteiger partial charge in [0.25, 0.3) is 0 Å². The smallest absolute Gasteiger partial charge is 0.404 e. The number of rotatable bonds is 5. The molecule has 9 heteroatoms. The molecule has 0 amide bonds. The van der Waals surface area contributed by atoms with Crippen LogP contribution in [0.4, 0.5) is 23.2 Å². The van der Waals surface area contributed by atoms with Gasteiger partial charge in [-0.3, -0.25) is 4.99 Å². The van der Waals surface area contributed by atoms with Crippen LogP contribution >= 0.6 is 24.0 Å². The summed E-state index contributed by atoms with van der Waals surface area (Å²) >= 11 is 0. The highest BCUT2D eigenvalue weighted by Gasteiger charge is 2.32. The van der Waals surface area contributed by atoms with Crippen LogP contribution in [0.25, 0.3) is 0 Å². The highest BCUT2D eigenvalue weighted by molar-refractivity contribution is 14.0. The summed E-state index contributed by atoms with van der Waals surface area (Å²) in [7, 11) is 0. The van der Waals surface area contributed by atoms with Crippen LogP contribution in [0.1, 0.15) is 5.56 Å². The molecule has 0 radical (unpaired) electrons. The molecule has 0 unspecified atom stereocenters. The summed E-state index contributed by atoms with van der Waals surface area (Å²) in [6.07, 6.45) is -4.36. The van der Waals surface area contributed by atoms with Gasteiger partial charge in [-0.25, -0.2) is 4.39 Å². The molecule has 0 saturated carbocycles. The normalized spacial score (nSPS) is 11.6. The van der Waals surface area contributed by atoms with E-state index in [2.05, 4.69) is 15.0 Å². The minimum absolute atomic E-state index is 0. The Morgan fingerprint density at radius 2 is 1.84 bits per heavy atom. The first-order chi connectivity index (χ1) is 11.3. The first kappa shape index (κ1) is 21.0. The van der Waals surface area contributed by atoms with Crippen molar-refractivity contribution in [3.8, 4) is 5.75 Å². The van der Waals surface area contributed by atoms with Gasteiger partial charge in [0, 0.05) is 6.54 Å². The minimum Gasteiger partial charge on any atom is -0.404 e. The van der Waals surface area contributed by atoms with Gasteiger partial charge in [-0.1, -0.05) is 24.3 Å². The van der Waals surface area contributed by atoms with Gasteiger partial charge in [0.1, 0.15) is 5.82 Å². The number of benzene rings is 2. The molecule has 0 aliphatic heterocycles. The van der Waals surface area contributed by atoms with Gasteiger partial charge in [-0.05, 0) is 36.2 Å². The number of nitrogens with one attached hydrogen (secondary N) is 1. The number of guanidine groups is 1. The van der Waals surface area contributed by atoms with Crippen LogP contribution in [0.5, 0.6) is 5.75 Å². The van der Waals surface area contributed by atoms with Crippen molar-refractivity contribution in [2.24, 2.45) is 10.7 Å². The van der Waals surface area contributed by atoms with E-state index < -0.39 is 12.1 Å². The number of nitrogens with two attached hydrogens (primary N) is 1. The maximum absolute atomic E-state index is 13.0. The third kappa shape index (κ3) is 7.59. The minimum atomic E-state index is -4.80. The average Bonchev–Trinajstić information content (AvgIpc) is 2.48. The molecule has 136 valence electrons. The van der Waals surface area contributed by atoms with Crippen molar-refractivity contribution in [2.75, 3.05) is 11.9 Å². The Morgan fingerprint density at radius 1 is 1.12 bits per heavy atom. The molecule has 0 bridgehead atoms. The predicted molar refractivity (Wildman–Crippen MR) is 98.8 cm³/mol. The SMILES string of the molecule is I.NC(=NCCc1cccc(F)c1)Nc1ccccc1OC(F)(F)F. The van der Waals surface area contributed by atoms with Crippen molar-refractivity contribution in [1.29, 1.82) is 0 Å². The largest absolute Gasteiger partial charge is 0.573 e. The summed E-state index contributed by atoms with van der Waals surface area (Å²) in [6, 6.07) is 11.5. The first-order valence-corrected chi connectivity index (χ1v) is 6.99. The number of anilines is 1. The highest BCUT2D eigenvalue weighted by Crippen LogP contribution is 2.29. The van der Waals surface area contributed by atoms with E-state index in [0.717, 1.165) is 11.6 Å². The zero-order valence-electron chi connectivity index (χ0n) is 12.9. The van der Waals surface area contributed by atoms with Crippen molar-refractivity contribution >= 4 is 35.6 Å². The van der Waals surface area contributed by atoms with Crippen LogP contribution in [0.3, 0.4) is 0 Å². The molecule has 2 aromatic carbocycles. The third-order valence-corrected chi connectivity index (χ3v) is 2.95. The quantitative estimate of drug-likeness (QED) is 0.297. The second kappa shape index (κ2) is 9.44. The van der Waals surface area contributed by atoms with E-state index in [-0.39, 0.29) is 48.0 Å². The first-order valence-electron chi connectivity index (χ1n) is 6.99. The van der Waals surface area contributed by atoms with Gasteiger partial charge in [-0.15, -0.1) is 37.1 Å². The van der Waals surface area contributed by atoms with Gasteiger partial charge in [0.15, 0.2) is 11.7 Å². The highest BCUT2D eigenvalue weighted by atomic mass is 127. The summed E-state index contributed by atoms with van der Waals surface area (Å²) < 4.78 is 54.0. The van der Waals surface area contributed by atoms with Gasteiger partial charge in [0.2, 0.25) is 0 Å². The summed E-state index contributed by atoms with van der Waals surface area (Å²) in [5.41, 5.74) is 6.45. The van der Waals surface area contributed by atoms with Gasteiger partial charge < -0.3 is 15.8 Å². The molecule has 0 atom stereocenters. The molecule has 3 N–H and O–H groups in total. The van der Waals surface area contributed by atoms with E-state index in [0.29, 0.717) is 6.42 Å². The van der Waals surface area contributed by atoms with E-state index in [1.807, 2.05) is 0 Å². The molecule has 0 aromatic heterocycles. The van der Waals surface area contributed by atoms with Crippen LogP contribution in [-0.4, -0.2) is 18.9 Å². The second-order valence-corrected chi connectivity index (χ2v) is 4.82. The number of alkyl halides is 3.